The predicted octanol–water partition coefficient (Wildman–Crippen LogP) is 3.93. The number of para-hydroxylation sites is 1. The smallest absolute Gasteiger partial charge is 0.257 e. The van der Waals surface area contributed by atoms with Crippen molar-refractivity contribution in [2.75, 3.05) is 5.32 Å². The molecular weight excluding hydrogens is 436 g/mol. The van der Waals surface area contributed by atoms with Crippen LogP contribution in [-0.2, 0) is 11.2 Å². The highest BCUT2D eigenvalue weighted by Gasteiger charge is 2.13. The van der Waals surface area contributed by atoms with E-state index in [-0.39, 0.29) is 18.2 Å². The molecule has 0 saturated heterocycles. The van der Waals surface area contributed by atoms with E-state index >= 15 is 0 Å². The van der Waals surface area contributed by atoms with Gasteiger partial charge in [0.2, 0.25) is 11.0 Å². The van der Waals surface area contributed by atoms with Gasteiger partial charge in [0, 0.05) is 32.7 Å². The minimum absolute atomic E-state index is 0.00130. The number of H-pyrrole nitrogens is 1. The predicted molar refractivity (Wildman–Crippen MR) is 122 cm³/mol. The molecule has 0 aliphatic carbocycles. The summed E-state index contributed by atoms with van der Waals surface area (Å²) in [6, 6.07) is 14.4. The molecule has 31 heavy (non-hydrogen) atoms. The Kier molecular flexibility index (Phi) is 6.06. The Hall–Kier alpha value is -3.56. The second-order valence-electron chi connectivity index (χ2n) is 6.64. The maximum Gasteiger partial charge on any atom is 0.257 e. The third-order valence-corrected chi connectivity index (χ3v) is 5.52. The van der Waals surface area contributed by atoms with Gasteiger partial charge in [-0.25, -0.2) is 5.43 Å². The van der Waals surface area contributed by atoms with E-state index in [0.717, 1.165) is 33.5 Å². The zero-order chi connectivity index (χ0) is 21.8. The van der Waals surface area contributed by atoms with Gasteiger partial charge in [-0.05, 0) is 37.3 Å². The first kappa shape index (κ1) is 20.7. The average Bonchev–Trinajstić information content (AvgIpc) is 3.32. The van der Waals surface area contributed by atoms with Gasteiger partial charge >= 0.3 is 0 Å². The molecule has 2 aromatic heterocycles. The summed E-state index contributed by atoms with van der Waals surface area (Å²) < 4.78 is 0. The van der Waals surface area contributed by atoms with Crippen LogP contribution in [0.25, 0.3) is 10.9 Å². The number of rotatable bonds is 6. The summed E-state index contributed by atoms with van der Waals surface area (Å²) in [5.74, 6) is -0.664. The highest BCUT2D eigenvalue weighted by molar-refractivity contribution is 7.15. The number of hydrogen-bond acceptors (Lipinski definition) is 6. The van der Waals surface area contributed by atoms with Gasteiger partial charge in [-0.1, -0.05) is 41.1 Å². The van der Waals surface area contributed by atoms with Crippen LogP contribution in [0.15, 0.2) is 53.6 Å². The van der Waals surface area contributed by atoms with Crippen LogP contribution in [0.1, 0.15) is 26.6 Å². The fourth-order valence-electron chi connectivity index (χ4n) is 2.96. The number of aromatic nitrogens is 3. The van der Waals surface area contributed by atoms with Crippen molar-refractivity contribution in [3.05, 3.63) is 75.4 Å². The number of hydrogen-bond donors (Lipinski definition) is 3. The summed E-state index contributed by atoms with van der Waals surface area (Å²) in [5.41, 5.74) is 5.83. The van der Waals surface area contributed by atoms with Crippen LogP contribution in [0, 0.1) is 6.92 Å². The van der Waals surface area contributed by atoms with Crippen molar-refractivity contribution >= 4 is 57.0 Å². The summed E-state index contributed by atoms with van der Waals surface area (Å²) in [5, 5.41) is 16.9. The van der Waals surface area contributed by atoms with Gasteiger partial charge in [0.15, 0.2) is 0 Å². The molecule has 0 saturated carbocycles. The molecule has 0 radical (unpaired) electrons. The quantitative estimate of drug-likeness (QED) is 0.304. The van der Waals surface area contributed by atoms with E-state index in [4.69, 9.17) is 11.6 Å². The van der Waals surface area contributed by atoms with E-state index in [1.165, 1.54) is 0 Å². The molecule has 4 rings (SSSR count). The lowest BCUT2D eigenvalue weighted by Gasteiger charge is -2.00. The molecule has 2 heterocycles. The molecule has 2 amide bonds. The highest BCUT2D eigenvalue weighted by atomic mass is 35.5. The molecule has 156 valence electrons. The number of amides is 2. The van der Waals surface area contributed by atoms with Crippen LogP contribution in [-0.4, -0.2) is 33.2 Å². The molecule has 3 N–H and O–H groups in total. The first-order valence-corrected chi connectivity index (χ1v) is 10.5. The second-order valence-corrected chi connectivity index (χ2v) is 8.14. The van der Waals surface area contributed by atoms with Crippen molar-refractivity contribution in [3.8, 4) is 0 Å². The van der Waals surface area contributed by atoms with Crippen LogP contribution >= 0.6 is 22.9 Å². The number of hydrazone groups is 1. The molecule has 0 aliphatic rings. The number of fused-ring (bicyclic) bond motifs is 1. The minimum atomic E-state index is -0.333. The van der Waals surface area contributed by atoms with Gasteiger partial charge in [-0.15, -0.1) is 10.2 Å². The first-order chi connectivity index (χ1) is 15.0. The molecular formula is C21H17ClN6O2S. The third-order valence-electron chi connectivity index (χ3n) is 4.43. The molecule has 0 atom stereocenters. The lowest BCUT2D eigenvalue weighted by molar-refractivity contribution is -0.120. The fraction of sp³-hybridized carbons (Fsp3) is 0.0952. The Morgan fingerprint density at radius 1 is 1.16 bits per heavy atom. The molecule has 10 heteroatoms. The van der Waals surface area contributed by atoms with E-state index in [0.29, 0.717) is 20.7 Å². The third kappa shape index (κ3) is 4.96. The van der Waals surface area contributed by atoms with Crippen LogP contribution in [0.4, 0.5) is 5.13 Å². The van der Waals surface area contributed by atoms with Crippen molar-refractivity contribution in [2.24, 2.45) is 5.10 Å². The van der Waals surface area contributed by atoms with Gasteiger partial charge in [-0.3, -0.25) is 14.9 Å². The number of carbonyl (C=O) groups is 2. The van der Waals surface area contributed by atoms with Crippen molar-refractivity contribution in [1.29, 1.82) is 0 Å². The highest BCUT2D eigenvalue weighted by Crippen LogP contribution is 2.20. The Bertz CT molecular complexity index is 1280. The lowest BCUT2D eigenvalue weighted by Crippen LogP contribution is -2.19. The van der Waals surface area contributed by atoms with E-state index in [2.05, 4.69) is 31.0 Å². The fourth-order valence-corrected chi connectivity index (χ4v) is 3.82. The Morgan fingerprint density at radius 3 is 2.74 bits per heavy atom. The van der Waals surface area contributed by atoms with E-state index < -0.39 is 0 Å². The van der Waals surface area contributed by atoms with Gasteiger partial charge in [0.05, 0.1) is 12.6 Å². The van der Waals surface area contributed by atoms with Crippen LogP contribution in [0.3, 0.4) is 0 Å². The largest absolute Gasteiger partial charge is 0.358 e. The SMILES string of the molecule is Cc1[nH]c2ccccc2c1/C=N\NC(=O)Cc1nnc(NC(=O)c2ccc(Cl)cc2)s1. The van der Waals surface area contributed by atoms with Crippen LogP contribution in [0.2, 0.25) is 5.02 Å². The van der Waals surface area contributed by atoms with Crippen LogP contribution in [0.5, 0.6) is 0 Å². The molecule has 0 spiro atoms. The normalized spacial score (nSPS) is 11.2. The maximum absolute atomic E-state index is 12.2. The van der Waals surface area contributed by atoms with E-state index in [1.807, 2.05) is 31.2 Å². The molecule has 8 nitrogen and oxygen atoms in total. The number of carbonyl (C=O) groups excluding carboxylic acids is 2. The van der Waals surface area contributed by atoms with E-state index in [9.17, 15) is 9.59 Å². The lowest BCUT2D eigenvalue weighted by atomic mass is 10.1. The minimum Gasteiger partial charge on any atom is -0.358 e. The van der Waals surface area contributed by atoms with Crippen molar-refractivity contribution in [2.45, 2.75) is 13.3 Å². The summed E-state index contributed by atoms with van der Waals surface area (Å²) in [6.45, 7) is 1.95. The second kappa shape index (κ2) is 9.07. The number of anilines is 1. The summed E-state index contributed by atoms with van der Waals surface area (Å²) in [4.78, 5) is 27.7. The molecule has 0 fully saturated rings. The molecule has 0 aliphatic heterocycles. The molecule has 0 unspecified atom stereocenters. The Balaban J connectivity index is 1.33. The molecule has 2 aromatic carbocycles. The summed E-state index contributed by atoms with van der Waals surface area (Å²) in [7, 11) is 0. The molecule has 4 aromatic rings. The summed E-state index contributed by atoms with van der Waals surface area (Å²) >= 11 is 6.95. The first-order valence-electron chi connectivity index (χ1n) is 9.28. The van der Waals surface area contributed by atoms with Crippen molar-refractivity contribution in [1.82, 2.24) is 20.6 Å². The number of benzene rings is 2. The summed E-state index contributed by atoms with van der Waals surface area (Å²) in [6.07, 6.45) is 1.61. The van der Waals surface area contributed by atoms with Gasteiger partial charge < -0.3 is 4.98 Å². The van der Waals surface area contributed by atoms with Gasteiger partial charge in [0.1, 0.15) is 5.01 Å². The van der Waals surface area contributed by atoms with Crippen molar-refractivity contribution in [3.63, 3.8) is 0 Å². The zero-order valence-corrected chi connectivity index (χ0v) is 17.9. The van der Waals surface area contributed by atoms with Crippen LogP contribution < -0.4 is 10.7 Å². The zero-order valence-electron chi connectivity index (χ0n) is 16.3. The van der Waals surface area contributed by atoms with E-state index in [1.54, 1.807) is 30.5 Å². The Labute approximate surface area is 186 Å². The molecule has 0 bridgehead atoms. The monoisotopic (exact) mass is 452 g/mol. The average molecular weight is 453 g/mol. The standard InChI is InChI=1S/C21H17ClN6O2S/c1-12-16(15-4-2-3-5-17(15)24-12)11-23-26-18(29)10-19-27-28-21(31-19)25-20(30)13-6-8-14(22)9-7-13/h2-9,11,24H,10H2,1H3,(H,26,29)(H,25,28,30)/b23-11-. The number of aromatic amines is 1. The number of aryl methyl sites for hydroxylation is 1. The number of halogens is 1. The van der Waals surface area contributed by atoms with Gasteiger partial charge in [0.25, 0.3) is 5.91 Å². The topological polar surface area (TPSA) is 112 Å². The van der Waals surface area contributed by atoms with Gasteiger partial charge in [-0.2, -0.15) is 5.10 Å². The number of nitrogens with zero attached hydrogens (tertiary/aromatic N) is 3. The maximum atomic E-state index is 12.2. The Morgan fingerprint density at radius 2 is 1.94 bits per heavy atom. The number of nitrogens with one attached hydrogen (secondary N) is 3. The van der Waals surface area contributed by atoms with Crippen molar-refractivity contribution < 1.29 is 9.59 Å².